The minimum absolute atomic E-state index is 0.367. The summed E-state index contributed by atoms with van der Waals surface area (Å²) in [4.78, 5) is 0. The van der Waals surface area contributed by atoms with Crippen molar-refractivity contribution in [3.63, 3.8) is 0 Å². The van der Waals surface area contributed by atoms with Gasteiger partial charge in [0, 0.05) is 18.8 Å². The summed E-state index contributed by atoms with van der Waals surface area (Å²) in [5, 5.41) is 8.22. The van der Waals surface area contributed by atoms with Gasteiger partial charge in [0.2, 0.25) is 0 Å². The molecule has 1 unspecified atom stereocenters. The van der Waals surface area contributed by atoms with Crippen LogP contribution < -0.4 is 5.32 Å². The predicted octanol–water partition coefficient (Wildman–Crippen LogP) is 3.66. The molecule has 1 aromatic rings. The second-order valence-electron chi connectivity index (χ2n) is 5.61. The zero-order chi connectivity index (χ0) is 13.7. The average molecular weight is 261 g/mol. The zero-order valence-corrected chi connectivity index (χ0v) is 12.6. The average Bonchev–Trinajstić information content (AvgIpc) is 2.60. The fraction of sp³-hybridized carbons (Fsp3) is 0.688. The molecule has 0 aliphatic heterocycles. The Hall–Kier alpha value is -1.09. The molecule has 1 N–H and O–H groups in total. The molecule has 0 aromatic carbocycles. The number of nitrogens with zero attached hydrogens (tertiary/aromatic N) is 2. The van der Waals surface area contributed by atoms with Crippen LogP contribution in [0.2, 0.25) is 0 Å². The monoisotopic (exact) mass is 261 g/mol. The summed E-state index contributed by atoms with van der Waals surface area (Å²) in [7, 11) is 2.01. The van der Waals surface area contributed by atoms with Crippen molar-refractivity contribution in [3.05, 3.63) is 29.1 Å². The van der Waals surface area contributed by atoms with E-state index in [9.17, 15) is 0 Å². The molecule has 1 heterocycles. The Kier molecular flexibility index (Phi) is 5.20. The highest BCUT2D eigenvalue weighted by atomic mass is 15.3. The van der Waals surface area contributed by atoms with Gasteiger partial charge >= 0.3 is 0 Å². The van der Waals surface area contributed by atoms with Gasteiger partial charge in [-0.3, -0.25) is 4.68 Å². The summed E-state index contributed by atoms with van der Waals surface area (Å²) in [5.41, 5.74) is 4.08. The molecule has 0 saturated heterocycles. The lowest BCUT2D eigenvalue weighted by Gasteiger charge is -2.21. The van der Waals surface area contributed by atoms with E-state index in [1.807, 2.05) is 11.7 Å². The van der Waals surface area contributed by atoms with Crippen LogP contribution in [0, 0.1) is 6.92 Å². The van der Waals surface area contributed by atoms with Crippen LogP contribution in [0.4, 0.5) is 0 Å². The Morgan fingerprint density at radius 1 is 1.37 bits per heavy atom. The standard InChI is InChI=1S/C16H27N3/c1-4-11-17-16(14-9-7-5-6-8-10-14)15-12-19(3)18-13(15)2/h9,12,16-17H,4-8,10-11H2,1-3H3. The van der Waals surface area contributed by atoms with E-state index in [4.69, 9.17) is 0 Å². The fourth-order valence-electron chi connectivity index (χ4n) is 2.93. The summed E-state index contributed by atoms with van der Waals surface area (Å²) >= 11 is 0. The Labute approximate surface area is 117 Å². The molecule has 0 radical (unpaired) electrons. The number of rotatable bonds is 5. The SMILES string of the molecule is CCCNC(C1=CCCCCC1)c1cn(C)nc1C. The number of hydrogen-bond donors (Lipinski definition) is 1. The Bertz CT molecular complexity index is 431. The van der Waals surface area contributed by atoms with E-state index in [2.05, 4.69) is 36.5 Å². The molecular formula is C16H27N3. The molecule has 1 aliphatic rings. The normalized spacial score (nSPS) is 17.9. The molecular weight excluding hydrogens is 234 g/mol. The number of allylic oxidation sites excluding steroid dienone is 1. The predicted molar refractivity (Wildman–Crippen MR) is 80.1 cm³/mol. The van der Waals surface area contributed by atoms with Crippen molar-refractivity contribution >= 4 is 0 Å². The van der Waals surface area contributed by atoms with Gasteiger partial charge in [0.25, 0.3) is 0 Å². The second-order valence-corrected chi connectivity index (χ2v) is 5.61. The van der Waals surface area contributed by atoms with Crippen molar-refractivity contribution < 1.29 is 0 Å². The van der Waals surface area contributed by atoms with Crippen LogP contribution in [0.3, 0.4) is 0 Å². The third-order valence-electron chi connectivity index (χ3n) is 3.91. The van der Waals surface area contributed by atoms with Crippen LogP contribution in [0.1, 0.15) is 62.7 Å². The van der Waals surface area contributed by atoms with Crippen LogP contribution in [-0.2, 0) is 7.05 Å². The van der Waals surface area contributed by atoms with Crippen molar-refractivity contribution in [2.75, 3.05) is 6.54 Å². The van der Waals surface area contributed by atoms with Gasteiger partial charge in [0.1, 0.15) is 0 Å². The maximum atomic E-state index is 4.51. The number of hydrogen-bond acceptors (Lipinski definition) is 2. The van der Waals surface area contributed by atoms with E-state index < -0.39 is 0 Å². The van der Waals surface area contributed by atoms with E-state index in [1.54, 1.807) is 5.57 Å². The molecule has 0 spiro atoms. The first-order valence-corrected chi connectivity index (χ1v) is 7.64. The maximum Gasteiger partial charge on any atom is 0.0644 e. The van der Waals surface area contributed by atoms with E-state index in [-0.39, 0.29) is 0 Å². The van der Waals surface area contributed by atoms with Gasteiger partial charge in [0.15, 0.2) is 0 Å². The third kappa shape index (κ3) is 3.69. The lowest BCUT2D eigenvalue weighted by Crippen LogP contribution is -2.24. The maximum absolute atomic E-state index is 4.51. The summed E-state index contributed by atoms with van der Waals surface area (Å²) in [6.45, 7) is 5.41. The van der Waals surface area contributed by atoms with Crippen molar-refractivity contribution in [1.29, 1.82) is 0 Å². The van der Waals surface area contributed by atoms with Crippen molar-refractivity contribution in [3.8, 4) is 0 Å². The molecule has 0 amide bonds. The number of nitrogens with one attached hydrogen (secondary N) is 1. The first kappa shape index (κ1) is 14.3. The molecule has 1 aliphatic carbocycles. The van der Waals surface area contributed by atoms with Crippen LogP contribution >= 0.6 is 0 Å². The molecule has 2 rings (SSSR count). The van der Waals surface area contributed by atoms with Gasteiger partial charge in [-0.05, 0) is 45.6 Å². The molecule has 0 fully saturated rings. The third-order valence-corrected chi connectivity index (χ3v) is 3.91. The van der Waals surface area contributed by atoms with E-state index in [1.165, 1.54) is 44.1 Å². The highest BCUT2D eigenvalue weighted by molar-refractivity contribution is 5.30. The first-order valence-electron chi connectivity index (χ1n) is 7.64. The van der Waals surface area contributed by atoms with E-state index in [0.29, 0.717) is 6.04 Å². The van der Waals surface area contributed by atoms with Crippen molar-refractivity contribution in [2.24, 2.45) is 7.05 Å². The first-order chi connectivity index (χ1) is 9.22. The largest absolute Gasteiger partial charge is 0.306 e. The second kappa shape index (κ2) is 6.90. The Balaban J connectivity index is 2.24. The van der Waals surface area contributed by atoms with Crippen LogP contribution in [0.5, 0.6) is 0 Å². The Morgan fingerprint density at radius 3 is 2.89 bits per heavy atom. The topological polar surface area (TPSA) is 29.9 Å². The number of aryl methyl sites for hydroxylation is 2. The highest BCUT2D eigenvalue weighted by Crippen LogP contribution is 2.30. The quantitative estimate of drug-likeness (QED) is 0.820. The van der Waals surface area contributed by atoms with Crippen molar-refractivity contribution in [2.45, 2.75) is 58.4 Å². The van der Waals surface area contributed by atoms with E-state index >= 15 is 0 Å². The van der Waals surface area contributed by atoms with Gasteiger partial charge in [-0.2, -0.15) is 5.10 Å². The highest BCUT2D eigenvalue weighted by Gasteiger charge is 2.20. The van der Waals surface area contributed by atoms with Gasteiger partial charge < -0.3 is 5.32 Å². The fourth-order valence-corrected chi connectivity index (χ4v) is 2.93. The Morgan fingerprint density at radius 2 is 2.21 bits per heavy atom. The molecule has 1 atom stereocenters. The molecule has 3 heteroatoms. The summed E-state index contributed by atoms with van der Waals surface area (Å²) in [5.74, 6) is 0. The van der Waals surface area contributed by atoms with Crippen LogP contribution in [0.15, 0.2) is 17.8 Å². The summed E-state index contributed by atoms with van der Waals surface area (Å²) in [6, 6.07) is 0.367. The molecule has 3 nitrogen and oxygen atoms in total. The number of aromatic nitrogens is 2. The van der Waals surface area contributed by atoms with Gasteiger partial charge in [-0.25, -0.2) is 0 Å². The smallest absolute Gasteiger partial charge is 0.0644 e. The van der Waals surface area contributed by atoms with Gasteiger partial charge in [-0.15, -0.1) is 0 Å². The van der Waals surface area contributed by atoms with Gasteiger partial charge in [-0.1, -0.05) is 25.0 Å². The lowest BCUT2D eigenvalue weighted by molar-refractivity contribution is 0.565. The minimum atomic E-state index is 0.367. The van der Waals surface area contributed by atoms with Crippen LogP contribution in [0.25, 0.3) is 0 Å². The molecule has 19 heavy (non-hydrogen) atoms. The van der Waals surface area contributed by atoms with Gasteiger partial charge in [0.05, 0.1) is 11.7 Å². The van der Waals surface area contributed by atoms with Crippen molar-refractivity contribution in [1.82, 2.24) is 15.1 Å². The zero-order valence-electron chi connectivity index (χ0n) is 12.6. The summed E-state index contributed by atoms with van der Waals surface area (Å²) < 4.78 is 1.93. The molecule has 0 bridgehead atoms. The summed E-state index contributed by atoms with van der Waals surface area (Å²) in [6.07, 6.45) is 12.3. The molecule has 0 saturated carbocycles. The van der Waals surface area contributed by atoms with E-state index in [0.717, 1.165) is 12.2 Å². The molecule has 106 valence electrons. The molecule has 1 aromatic heterocycles. The lowest BCUT2D eigenvalue weighted by atomic mass is 9.95. The van der Waals surface area contributed by atoms with Crippen LogP contribution in [-0.4, -0.2) is 16.3 Å². The minimum Gasteiger partial charge on any atom is -0.306 e.